The lowest BCUT2D eigenvalue weighted by molar-refractivity contribution is 0.0958. The van der Waals surface area contributed by atoms with Crippen LogP contribution in [0, 0.1) is 11.6 Å². The minimum atomic E-state index is -0.775. The highest BCUT2D eigenvalue weighted by Crippen LogP contribution is 2.02. The molecule has 0 saturated carbocycles. The van der Waals surface area contributed by atoms with E-state index in [1.54, 1.807) is 12.2 Å². The van der Waals surface area contributed by atoms with Crippen molar-refractivity contribution < 1.29 is 13.6 Å². The van der Waals surface area contributed by atoms with Gasteiger partial charge in [0, 0.05) is 24.8 Å². The second-order valence-electron chi connectivity index (χ2n) is 4.60. The van der Waals surface area contributed by atoms with Gasteiger partial charge in [-0.15, -0.1) is 0 Å². The minimum Gasteiger partial charge on any atom is -0.381 e. The van der Waals surface area contributed by atoms with Gasteiger partial charge in [0.15, 0.2) is 11.6 Å². The number of amides is 1. The van der Waals surface area contributed by atoms with Gasteiger partial charge in [0.1, 0.15) is 5.82 Å². The molecule has 1 aromatic carbocycles. The molecule has 0 saturated heterocycles. The van der Waals surface area contributed by atoms with E-state index < -0.39 is 23.1 Å². The molecule has 0 aliphatic rings. The van der Waals surface area contributed by atoms with Gasteiger partial charge in [-0.3, -0.25) is 9.36 Å². The number of aromatic nitrogens is 2. The van der Waals surface area contributed by atoms with Crippen molar-refractivity contribution in [1.29, 1.82) is 0 Å². The van der Waals surface area contributed by atoms with E-state index in [0.29, 0.717) is 5.56 Å². The van der Waals surface area contributed by atoms with Gasteiger partial charge < -0.3 is 11.1 Å². The lowest BCUT2D eigenvalue weighted by Gasteiger charge is -2.03. The molecule has 1 heterocycles. The van der Waals surface area contributed by atoms with E-state index >= 15 is 0 Å². The Morgan fingerprint density at radius 1 is 1.26 bits per heavy atom. The number of carbonyl (C=O) groups is 1. The van der Waals surface area contributed by atoms with Gasteiger partial charge in [-0.05, 0) is 24.3 Å². The monoisotopic (exact) mass is 320 g/mol. The van der Waals surface area contributed by atoms with Crippen molar-refractivity contribution in [3.8, 4) is 0 Å². The van der Waals surface area contributed by atoms with Crippen LogP contribution in [0.4, 0.5) is 14.6 Å². The molecule has 2 aromatic rings. The number of halogens is 2. The molecule has 6 nitrogen and oxygen atoms in total. The zero-order valence-corrected chi connectivity index (χ0v) is 12.0. The fourth-order valence-electron chi connectivity index (χ4n) is 1.74. The maximum absolute atomic E-state index is 13.2. The van der Waals surface area contributed by atoms with Crippen LogP contribution in [-0.2, 0) is 6.54 Å². The molecule has 120 valence electrons. The first-order valence-corrected chi connectivity index (χ1v) is 6.68. The molecular formula is C15H14F2N4O2. The molecule has 1 aromatic heterocycles. The third-order valence-corrected chi connectivity index (χ3v) is 2.93. The van der Waals surface area contributed by atoms with Crippen molar-refractivity contribution in [3.63, 3.8) is 0 Å². The van der Waals surface area contributed by atoms with Crippen LogP contribution in [0.2, 0.25) is 0 Å². The Hall–Kier alpha value is -3.03. The third kappa shape index (κ3) is 4.47. The first-order chi connectivity index (χ1) is 11.0. The number of rotatable bonds is 5. The van der Waals surface area contributed by atoms with Crippen LogP contribution >= 0.6 is 0 Å². The Morgan fingerprint density at radius 3 is 2.65 bits per heavy atom. The van der Waals surface area contributed by atoms with E-state index in [9.17, 15) is 18.4 Å². The molecule has 0 unspecified atom stereocenters. The first-order valence-electron chi connectivity index (χ1n) is 6.68. The van der Waals surface area contributed by atoms with Crippen LogP contribution in [0.1, 0.15) is 10.4 Å². The number of allylic oxidation sites excluding steroid dienone is 1. The summed E-state index contributed by atoms with van der Waals surface area (Å²) < 4.78 is 27.0. The molecule has 0 bridgehead atoms. The Labute approximate surface area is 130 Å². The van der Waals surface area contributed by atoms with Crippen molar-refractivity contribution in [2.24, 2.45) is 0 Å². The maximum atomic E-state index is 13.2. The molecule has 2 rings (SSSR count). The molecule has 23 heavy (non-hydrogen) atoms. The van der Waals surface area contributed by atoms with E-state index in [1.165, 1.54) is 24.3 Å². The molecule has 0 aliphatic carbocycles. The maximum Gasteiger partial charge on any atom is 0.349 e. The van der Waals surface area contributed by atoms with Gasteiger partial charge in [0.25, 0.3) is 5.91 Å². The summed E-state index contributed by atoms with van der Waals surface area (Å²) in [5.41, 5.74) is 4.85. The molecule has 0 spiro atoms. The summed E-state index contributed by atoms with van der Waals surface area (Å²) in [7, 11) is 0. The largest absolute Gasteiger partial charge is 0.381 e. The van der Waals surface area contributed by atoms with Crippen molar-refractivity contribution in [2.75, 3.05) is 12.3 Å². The summed E-state index contributed by atoms with van der Waals surface area (Å²) in [5.74, 6) is -1.99. The molecular weight excluding hydrogens is 306 g/mol. The van der Waals surface area contributed by atoms with Crippen LogP contribution in [0.25, 0.3) is 0 Å². The fraction of sp³-hybridized carbons (Fsp3) is 0.133. The van der Waals surface area contributed by atoms with E-state index in [0.717, 1.165) is 10.8 Å². The van der Waals surface area contributed by atoms with Crippen molar-refractivity contribution in [1.82, 2.24) is 14.9 Å². The fourth-order valence-corrected chi connectivity index (χ4v) is 1.74. The standard InChI is InChI=1S/C15H14F2N4O2/c16-11-5-3-10(4-6-11)14(22)19-7-1-2-8-21-9-12(17)13(18)20-15(21)23/h1-6,9H,7-8H2,(H,19,22)(H2,18,20,23)/b2-1-. The average molecular weight is 320 g/mol. The minimum absolute atomic E-state index is 0.0927. The molecule has 0 atom stereocenters. The van der Waals surface area contributed by atoms with Gasteiger partial charge in [-0.1, -0.05) is 12.2 Å². The normalized spacial score (nSPS) is 10.9. The highest BCUT2D eigenvalue weighted by atomic mass is 19.1. The molecule has 1 amide bonds. The highest BCUT2D eigenvalue weighted by Gasteiger charge is 2.04. The summed E-state index contributed by atoms with van der Waals surface area (Å²) in [4.78, 5) is 26.5. The third-order valence-electron chi connectivity index (χ3n) is 2.93. The van der Waals surface area contributed by atoms with Crippen molar-refractivity contribution in [2.45, 2.75) is 6.54 Å². The lowest BCUT2D eigenvalue weighted by atomic mass is 10.2. The molecule has 0 fully saturated rings. The summed E-state index contributed by atoms with van der Waals surface area (Å²) in [6.07, 6.45) is 4.14. The van der Waals surface area contributed by atoms with E-state index in [-0.39, 0.29) is 19.0 Å². The topological polar surface area (TPSA) is 90.0 Å². The predicted molar refractivity (Wildman–Crippen MR) is 80.7 cm³/mol. The second-order valence-corrected chi connectivity index (χ2v) is 4.60. The predicted octanol–water partition coefficient (Wildman–Crippen LogP) is 1.09. The number of nitrogens with two attached hydrogens (primary N) is 1. The number of nitrogen functional groups attached to an aromatic ring is 1. The number of hydrogen-bond acceptors (Lipinski definition) is 4. The summed E-state index contributed by atoms with van der Waals surface area (Å²) in [5, 5.41) is 2.59. The number of nitrogens with zero attached hydrogens (tertiary/aromatic N) is 2. The van der Waals surface area contributed by atoms with Gasteiger partial charge in [0.05, 0.1) is 0 Å². The highest BCUT2D eigenvalue weighted by molar-refractivity contribution is 5.94. The van der Waals surface area contributed by atoms with Gasteiger partial charge in [-0.2, -0.15) is 4.98 Å². The number of carbonyl (C=O) groups excluding carboxylic acids is 1. The van der Waals surface area contributed by atoms with Gasteiger partial charge in [-0.25, -0.2) is 13.6 Å². The van der Waals surface area contributed by atoms with Crippen LogP contribution in [-0.4, -0.2) is 22.0 Å². The van der Waals surface area contributed by atoms with Gasteiger partial charge >= 0.3 is 5.69 Å². The quantitative estimate of drug-likeness (QED) is 0.807. The SMILES string of the molecule is Nc1nc(=O)n(C/C=C\CNC(=O)c2ccc(F)cc2)cc1F. The number of nitrogens with one attached hydrogen (secondary N) is 1. The van der Waals surface area contributed by atoms with Crippen LogP contribution in [0.15, 0.2) is 47.4 Å². The van der Waals surface area contributed by atoms with Gasteiger partial charge in [0.2, 0.25) is 0 Å². The van der Waals surface area contributed by atoms with Crippen LogP contribution in [0.3, 0.4) is 0 Å². The number of hydrogen-bond donors (Lipinski definition) is 2. The molecule has 8 heteroatoms. The molecule has 3 N–H and O–H groups in total. The van der Waals surface area contributed by atoms with Crippen LogP contribution in [0.5, 0.6) is 0 Å². The Balaban J connectivity index is 1.86. The Bertz CT molecular complexity index is 785. The van der Waals surface area contributed by atoms with Crippen molar-refractivity contribution >= 4 is 11.7 Å². The molecule has 0 radical (unpaired) electrons. The molecule has 0 aliphatic heterocycles. The lowest BCUT2D eigenvalue weighted by Crippen LogP contribution is -2.25. The summed E-state index contributed by atoms with van der Waals surface area (Å²) in [6.45, 7) is 0.297. The van der Waals surface area contributed by atoms with E-state index in [2.05, 4.69) is 10.3 Å². The Morgan fingerprint density at radius 2 is 1.96 bits per heavy atom. The average Bonchev–Trinajstić information content (AvgIpc) is 2.52. The smallest absolute Gasteiger partial charge is 0.349 e. The van der Waals surface area contributed by atoms with E-state index in [1.807, 2.05) is 0 Å². The number of anilines is 1. The zero-order chi connectivity index (χ0) is 16.8. The first kappa shape index (κ1) is 16.3. The summed E-state index contributed by atoms with van der Waals surface area (Å²) in [6, 6.07) is 5.13. The Kier molecular flexibility index (Phi) is 5.19. The second kappa shape index (κ2) is 7.30. The van der Waals surface area contributed by atoms with Crippen molar-refractivity contribution in [3.05, 3.63) is 70.3 Å². The summed E-state index contributed by atoms with van der Waals surface area (Å²) >= 11 is 0. The zero-order valence-electron chi connectivity index (χ0n) is 12.0. The van der Waals surface area contributed by atoms with E-state index in [4.69, 9.17) is 5.73 Å². The van der Waals surface area contributed by atoms with Crippen LogP contribution < -0.4 is 16.7 Å². The number of benzene rings is 1.